The maximum Gasteiger partial charge on any atom is 0.132 e. The summed E-state index contributed by atoms with van der Waals surface area (Å²) < 4.78 is 7.01. The van der Waals surface area contributed by atoms with Crippen LogP contribution in [0.4, 0.5) is 0 Å². The van der Waals surface area contributed by atoms with E-state index in [9.17, 15) is 0 Å². The summed E-state index contributed by atoms with van der Waals surface area (Å²) >= 11 is 2.34. The van der Waals surface area contributed by atoms with Crippen LogP contribution in [0.5, 0.6) is 5.75 Å². The van der Waals surface area contributed by atoms with Gasteiger partial charge in [0.25, 0.3) is 0 Å². The molecule has 2 rings (SSSR count). The van der Waals surface area contributed by atoms with Crippen molar-refractivity contribution >= 4 is 22.6 Å². The summed E-state index contributed by atoms with van der Waals surface area (Å²) in [6.45, 7) is 3.99. The van der Waals surface area contributed by atoms with Crippen LogP contribution >= 0.6 is 22.6 Å². The minimum absolute atomic E-state index is 0.768. The molecule has 1 aromatic carbocycles. The molecule has 100 valence electrons. The van der Waals surface area contributed by atoms with E-state index in [1.807, 2.05) is 0 Å². The van der Waals surface area contributed by atoms with E-state index in [-0.39, 0.29) is 0 Å². The zero-order valence-electron chi connectivity index (χ0n) is 11.0. The van der Waals surface area contributed by atoms with E-state index in [1.165, 1.54) is 34.8 Å². The molecule has 0 heterocycles. The number of rotatable bonds is 6. The molecule has 0 spiro atoms. The van der Waals surface area contributed by atoms with E-state index in [0.29, 0.717) is 0 Å². The van der Waals surface area contributed by atoms with Crippen LogP contribution in [0.3, 0.4) is 0 Å². The van der Waals surface area contributed by atoms with Crippen LogP contribution in [0.25, 0.3) is 0 Å². The van der Waals surface area contributed by atoms with Gasteiger partial charge in [0.2, 0.25) is 0 Å². The fourth-order valence-electron chi connectivity index (χ4n) is 2.41. The highest BCUT2D eigenvalue weighted by atomic mass is 127. The monoisotopic (exact) mass is 359 g/mol. The molecule has 0 bridgehead atoms. The van der Waals surface area contributed by atoms with Gasteiger partial charge in [-0.1, -0.05) is 18.9 Å². The van der Waals surface area contributed by atoms with Crippen molar-refractivity contribution in [2.45, 2.75) is 45.1 Å². The molecule has 0 amide bonds. The van der Waals surface area contributed by atoms with Gasteiger partial charge >= 0.3 is 0 Å². The largest absolute Gasteiger partial charge is 0.492 e. The topological polar surface area (TPSA) is 21.3 Å². The first kappa shape index (κ1) is 14.1. The van der Waals surface area contributed by atoms with Gasteiger partial charge in [0.05, 0.1) is 10.2 Å². The lowest BCUT2D eigenvalue weighted by Gasteiger charge is -2.12. The maximum atomic E-state index is 5.81. The van der Waals surface area contributed by atoms with Gasteiger partial charge in [-0.15, -0.1) is 0 Å². The molecular formula is C15H22INO. The highest BCUT2D eigenvalue weighted by Crippen LogP contribution is 2.22. The van der Waals surface area contributed by atoms with Crippen molar-refractivity contribution in [2.24, 2.45) is 0 Å². The number of ether oxygens (including phenoxy) is 1. The normalized spacial score (nSPS) is 16.1. The Morgan fingerprint density at radius 2 is 2.11 bits per heavy atom. The molecule has 0 radical (unpaired) electrons. The molecule has 0 aliphatic heterocycles. The van der Waals surface area contributed by atoms with E-state index >= 15 is 0 Å². The first-order chi connectivity index (χ1) is 8.75. The van der Waals surface area contributed by atoms with Crippen LogP contribution in [0.1, 0.15) is 37.7 Å². The quantitative estimate of drug-likeness (QED) is 0.615. The Morgan fingerprint density at radius 3 is 2.83 bits per heavy atom. The molecular weight excluding hydrogens is 337 g/mol. The predicted molar refractivity (Wildman–Crippen MR) is 84.3 cm³/mol. The summed E-state index contributed by atoms with van der Waals surface area (Å²) in [4.78, 5) is 0. The lowest BCUT2D eigenvalue weighted by molar-refractivity contribution is 0.302. The minimum atomic E-state index is 0.768. The number of halogens is 1. The highest BCUT2D eigenvalue weighted by Gasteiger charge is 2.13. The standard InChI is InChI=1S/C15H22INO/c1-12-7-8-15(14(16)11-12)18-10-4-9-17-13-5-2-3-6-13/h7-8,11,13,17H,2-6,9-10H2,1H3. The number of nitrogens with one attached hydrogen (secondary N) is 1. The summed E-state index contributed by atoms with van der Waals surface area (Å²) in [6.07, 6.45) is 6.60. The average molecular weight is 359 g/mol. The Bertz CT molecular complexity index is 375. The second-order valence-electron chi connectivity index (χ2n) is 5.07. The van der Waals surface area contributed by atoms with Gasteiger partial charge in [-0.25, -0.2) is 0 Å². The fourth-order valence-corrected chi connectivity index (χ4v) is 3.24. The minimum Gasteiger partial charge on any atom is -0.492 e. The summed E-state index contributed by atoms with van der Waals surface area (Å²) in [6, 6.07) is 7.10. The Kier molecular flexibility index (Phi) is 5.76. The third-order valence-corrected chi connectivity index (χ3v) is 4.30. The van der Waals surface area contributed by atoms with E-state index in [1.54, 1.807) is 0 Å². The molecule has 0 aromatic heterocycles. The van der Waals surface area contributed by atoms with Crippen LogP contribution in [-0.2, 0) is 0 Å². The van der Waals surface area contributed by atoms with Crippen molar-refractivity contribution in [3.63, 3.8) is 0 Å². The average Bonchev–Trinajstić information content (AvgIpc) is 2.84. The summed E-state index contributed by atoms with van der Waals surface area (Å²) in [5, 5.41) is 3.61. The van der Waals surface area contributed by atoms with Crippen molar-refractivity contribution in [3.05, 3.63) is 27.3 Å². The number of aryl methyl sites for hydroxylation is 1. The summed E-state index contributed by atoms with van der Waals surface area (Å²) in [7, 11) is 0. The second kappa shape index (κ2) is 7.34. The maximum absolute atomic E-state index is 5.81. The van der Waals surface area contributed by atoms with Crippen molar-refractivity contribution in [2.75, 3.05) is 13.2 Å². The van der Waals surface area contributed by atoms with Gasteiger partial charge in [-0.3, -0.25) is 0 Å². The molecule has 1 saturated carbocycles. The Hall–Kier alpha value is -0.290. The molecule has 0 atom stereocenters. The molecule has 0 unspecified atom stereocenters. The van der Waals surface area contributed by atoms with Crippen molar-refractivity contribution in [1.29, 1.82) is 0 Å². The predicted octanol–water partition coefficient (Wildman–Crippen LogP) is 3.90. The van der Waals surface area contributed by atoms with Crippen LogP contribution in [0, 0.1) is 10.5 Å². The molecule has 2 nitrogen and oxygen atoms in total. The molecule has 1 aliphatic rings. The van der Waals surface area contributed by atoms with E-state index in [2.05, 4.69) is 53.0 Å². The van der Waals surface area contributed by atoms with Gasteiger partial charge in [0, 0.05) is 6.04 Å². The van der Waals surface area contributed by atoms with E-state index < -0.39 is 0 Å². The lowest BCUT2D eigenvalue weighted by atomic mass is 10.2. The SMILES string of the molecule is Cc1ccc(OCCCNC2CCCC2)c(I)c1. The van der Waals surface area contributed by atoms with Gasteiger partial charge in [0.1, 0.15) is 5.75 Å². The van der Waals surface area contributed by atoms with Gasteiger partial charge in [0.15, 0.2) is 0 Å². The third kappa shape index (κ3) is 4.43. The molecule has 1 fully saturated rings. The fraction of sp³-hybridized carbons (Fsp3) is 0.600. The lowest BCUT2D eigenvalue weighted by Crippen LogP contribution is -2.27. The summed E-state index contributed by atoms with van der Waals surface area (Å²) in [5.41, 5.74) is 1.29. The molecule has 0 saturated heterocycles. The van der Waals surface area contributed by atoms with Gasteiger partial charge in [-0.05, 0) is 73.0 Å². The first-order valence-corrected chi connectivity index (χ1v) is 7.96. The van der Waals surface area contributed by atoms with Crippen molar-refractivity contribution in [1.82, 2.24) is 5.32 Å². The van der Waals surface area contributed by atoms with Crippen molar-refractivity contribution < 1.29 is 4.74 Å². The van der Waals surface area contributed by atoms with Crippen LogP contribution in [0.15, 0.2) is 18.2 Å². The van der Waals surface area contributed by atoms with Crippen LogP contribution in [0.2, 0.25) is 0 Å². The number of hydrogen-bond donors (Lipinski definition) is 1. The summed E-state index contributed by atoms with van der Waals surface area (Å²) in [5.74, 6) is 1.02. The van der Waals surface area contributed by atoms with Crippen LogP contribution in [-0.4, -0.2) is 19.2 Å². The zero-order chi connectivity index (χ0) is 12.8. The Labute approximate surface area is 124 Å². The highest BCUT2D eigenvalue weighted by molar-refractivity contribution is 14.1. The Morgan fingerprint density at radius 1 is 1.33 bits per heavy atom. The van der Waals surface area contributed by atoms with Crippen molar-refractivity contribution in [3.8, 4) is 5.75 Å². The van der Waals surface area contributed by atoms with Gasteiger partial charge in [-0.2, -0.15) is 0 Å². The molecule has 1 N–H and O–H groups in total. The first-order valence-electron chi connectivity index (χ1n) is 6.88. The number of benzene rings is 1. The number of hydrogen-bond acceptors (Lipinski definition) is 2. The van der Waals surface area contributed by atoms with Gasteiger partial charge < -0.3 is 10.1 Å². The second-order valence-corrected chi connectivity index (χ2v) is 6.23. The molecule has 1 aliphatic carbocycles. The molecule has 18 heavy (non-hydrogen) atoms. The molecule has 3 heteroatoms. The van der Waals surface area contributed by atoms with E-state index in [4.69, 9.17) is 4.74 Å². The zero-order valence-corrected chi connectivity index (χ0v) is 13.2. The van der Waals surface area contributed by atoms with E-state index in [0.717, 1.165) is 31.4 Å². The van der Waals surface area contributed by atoms with Crippen LogP contribution < -0.4 is 10.1 Å². The Balaban J connectivity index is 1.62. The molecule has 1 aromatic rings. The smallest absolute Gasteiger partial charge is 0.132 e. The third-order valence-electron chi connectivity index (χ3n) is 3.45.